The molecule has 1 aromatic carbocycles. The molecule has 25 heavy (non-hydrogen) atoms. The van der Waals surface area contributed by atoms with E-state index in [0.29, 0.717) is 13.1 Å². The van der Waals surface area contributed by atoms with Crippen LogP contribution in [0.15, 0.2) is 24.3 Å². The molecule has 0 spiro atoms. The molecule has 2 aliphatic rings. The van der Waals surface area contributed by atoms with Gasteiger partial charge in [-0.25, -0.2) is 4.39 Å². The second kappa shape index (κ2) is 7.12. The molecule has 1 aliphatic carbocycles. The Balaban J connectivity index is 1.65. The molecule has 0 radical (unpaired) electrons. The Bertz CT molecular complexity index is 643. The lowest BCUT2D eigenvalue weighted by molar-refractivity contribution is -0.138. The Hall–Kier alpha value is -1.95. The fraction of sp³-hybridized carbons (Fsp3) is 0.579. The molecule has 1 unspecified atom stereocenters. The van der Waals surface area contributed by atoms with Crippen LogP contribution >= 0.6 is 0 Å². The molecule has 1 N–H and O–H groups in total. The van der Waals surface area contributed by atoms with Gasteiger partial charge in [-0.1, -0.05) is 12.1 Å². The Labute approximate surface area is 147 Å². The average Bonchev–Trinajstić information content (AvgIpc) is 3.38. The molecule has 1 amide bonds. The molecule has 5 nitrogen and oxygen atoms in total. The molecule has 1 aromatic rings. The summed E-state index contributed by atoms with van der Waals surface area (Å²) in [4.78, 5) is 27.8. The maximum atomic E-state index is 13.2. The first-order chi connectivity index (χ1) is 11.9. The van der Waals surface area contributed by atoms with Crippen molar-refractivity contribution in [1.82, 2.24) is 9.80 Å². The van der Waals surface area contributed by atoms with Crippen LogP contribution in [0.4, 0.5) is 4.39 Å². The van der Waals surface area contributed by atoms with E-state index in [1.165, 1.54) is 12.1 Å². The van der Waals surface area contributed by atoms with Gasteiger partial charge in [0, 0.05) is 19.1 Å². The van der Waals surface area contributed by atoms with E-state index in [9.17, 15) is 14.0 Å². The van der Waals surface area contributed by atoms with Crippen LogP contribution in [0, 0.1) is 5.82 Å². The van der Waals surface area contributed by atoms with Gasteiger partial charge in [0.05, 0.1) is 12.0 Å². The third-order valence-electron chi connectivity index (χ3n) is 5.55. The van der Waals surface area contributed by atoms with Crippen molar-refractivity contribution < 1.29 is 19.1 Å². The number of likely N-dealkylation sites (tertiary alicyclic amines) is 1. The molecule has 136 valence electrons. The third kappa shape index (κ3) is 3.84. The Morgan fingerprint density at radius 1 is 1.24 bits per heavy atom. The Morgan fingerprint density at radius 3 is 2.52 bits per heavy atom. The standard InChI is InChI=1S/C19H25FN2O3/c1-21(13-17(23)24)16-3-2-11-22(12-8-16)18(25)19(9-10-19)14-4-6-15(20)7-5-14/h4-7,16H,2-3,8-13H2,1H3,(H,23,24). The average molecular weight is 348 g/mol. The lowest BCUT2D eigenvalue weighted by Gasteiger charge is -2.28. The first-order valence-electron chi connectivity index (χ1n) is 8.90. The summed E-state index contributed by atoms with van der Waals surface area (Å²) in [5.74, 6) is -0.973. The van der Waals surface area contributed by atoms with E-state index in [1.807, 2.05) is 16.8 Å². The van der Waals surface area contributed by atoms with Gasteiger partial charge in [0.1, 0.15) is 5.82 Å². The van der Waals surface area contributed by atoms with Gasteiger partial charge in [-0.2, -0.15) is 0 Å². The van der Waals surface area contributed by atoms with Crippen LogP contribution in [-0.2, 0) is 15.0 Å². The number of hydrogen-bond donors (Lipinski definition) is 1. The number of hydrogen-bond acceptors (Lipinski definition) is 3. The monoisotopic (exact) mass is 348 g/mol. The summed E-state index contributed by atoms with van der Waals surface area (Å²) in [6.45, 7) is 1.38. The maximum absolute atomic E-state index is 13.2. The smallest absolute Gasteiger partial charge is 0.317 e. The Morgan fingerprint density at radius 2 is 1.92 bits per heavy atom. The minimum atomic E-state index is -0.826. The minimum Gasteiger partial charge on any atom is -0.480 e. The second-order valence-corrected chi connectivity index (χ2v) is 7.27. The van der Waals surface area contributed by atoms with E-state index in [4.69, 9.17) is 5.11 Å². The molecule has 1 atom stereocenters. The summed E-state index contributed by atoms with van der Waals surface area (Å²) in [7, 11) is 1.83. The topological polar surface area (TPSA) is 60.9 Å². The summed E-state index contributed by atoms with van der Waals surface area (Å²) < 4.78 is 13.2. The van der Waals surface area contributed by atoms with E-state index in [2.05, 4.69) is 0 Å². The number of amides is 1. The van der Waals surface area contributed by atoms with Crippen molar-refractivity contribution in [2.24, 2.45) is 0 Å². The van der Waals surface area contributed by atoms with Gasteiger partial charge in [-0.15, -0.1) is 0 Å². The molecule has 1 saturated heterocycles. The summed E-state index contributed by atoms with van der Waals surface area (Å²) >= 11 is 0. The van der Waals surface area contributed by atoms with Crippen LogP contribution in [0.5, 0.6) is 0 Å². The van der Waals surface area contributed by atoms with Gasteiger partial charge in [0.2, 0.25) is 5.91 Å². The fourth-order valence-electron chi connectivity index (χ4n) is 3.89. The molecule has 0 aromatic heterocycles. The predicted octanol–water partition coefficient (Wildman–Crippen LogP) is 2.25. The number of nitrogens with zero attached hydrogens (tertiary/aromatic N) is 2. The zero-order chi connectivity index (χ0) is 18.0. The van der Waals surface area contributed by atoms with Crippen molar-refractivity contribution in [3.05, 3.63) is 35.6 Å². The van der Waals surface area contributed by atoms with Crippen LogP contribution in [0.25, 0.3) is 0 Å². The summed E-state index contributed by atoms with van der Waals surface area (Å²) in [6, 6.07) is 6.47. The number of carbonyl (C=O) groups is 2. The summed E-state index contributed by atoms with van der Waals surface area (Å²) in [6.07, 6.45) is 4.19. The lowest BCUT2D eigenvalue weighted by Crippen LogP contribution is -2.41. The summed E-state index contributed by atoms with van der Waals surface area (Å²) in [5.41, 5.74) is 0.434. The van der Waals surface area contributed by atoms with Crippen molar-refractivity contribution >= 4 is 11.9 Å². The largest absolute Gasteiger partial charge is 0.480 e. The van der Waals surface area contributed by atoms with Crippen LogP contribution in [0.2, 0.25) is 0 Å². The van der Waals surface area contributed by atoms with Gasteiger partial charge >= 0.3 is 5.97 Å². The summed E-state index contributed by atoms with van der Waals surface area (Å²) in [5, 5.41) is 8.95. The molecule has 1 heterocycles. The molecule has 1 saturated carbocycles. The van der Waals surface area contributed by atoms with Gasteiger partial charge in [0.15, 0.2) is 0 Å². The minimum absolute atomic E-state index is 0.0259. The van der Waals surface area contributed by atoms with Gasteiger partial charge in [-0.05, 0) is 56.8 Å². The van der Waals surface area contributed by atoms with Gasteiger partial charge < -0.3 is 10.0 Å². The van der Waals surface area contributed by atoms with E-state index < -0.39 is 11.4 Å². The first-order valence-corrected chi connectivity index (χ1v) is 8.90. The van der Waals surface area contributed by atoms with Crippen molar-refractivity contribution in [3.63, 3.8) is 0 Å². The predicted molar refractivity (Wildman–Crippen MR) is 91.8 cm³/mol. The first kappa shape index (κ1) is 17.9. The molecule has 2 fully saturated rings. The van der Waals surface area contributed by atoms with Crippen molar-refractivity contribution in [3.8, 4) is 0 Å². The van der Waals surface area contributed by atoms with Crippen LogP contribution in [0.1, 0.15) is 37.7 Å². The maximum Gasteiger partial charge on any atom is 0.317 e. The zero-order valence-electron chi connectivity index (χ0n) is 14.6. The number of aliphatic carboxylic acids is 1. The molecular formula is C19H25FN2O3. The van der Waals surface area contributed by atoms with Crippen molar-refractivity contribution in [1.29, 1.82) is 0 Å². The van der Waals surface area contributed by atoms with Crippen LogP contribution in [-0.4, -0.2) is 59.5 Å². The van der Waals surface area contributed by atoms with E-state index >= 15 is 0 Å². The number of carbonyl (C=O) groups excluding carboxylic acids is 1. The SMILES string of the molecule is CN(CC(=O)O)C1CCCN(C(=O)C2(c3ccc(F)cc3)CC2)CC1. The number of likely N-dealkylation sites (N-methyl/N-ethyl adjacent to an activating group) is 1. The molecule has 3 rings (SSSR count). The Kier molecular flexibility index (Phi) is 5.08. The zero-order valence-corrected chi connectivity index (χ0v) is 14.6. The van der Waals surface area contributed by atoms with Gasteiger partial charge in [0.25, 0.3) is 0 Å². The molecule has 0 bridgehead atoms. The third-order valence-corrected chi connectivity index (χ3v) is 5.55. The van der Waals surface area contributed by atoms with Gasteiger partial charge in [-0.3, -0.25) is 14.5 Å². The fourth-order valence-corrected chi connectivity index (χ4v) is 3.89. The molecule has 1 aliphatic heterocycles. The molecule has 6 heteroatoms. The normalized spacial score (nSPS) is 22.5. The van der Waals surface area contributed by atoms with Crippen molar-refractivity contribution in [2.45, 2.75) is 43.6 Å². The van der Waals surface area contributed by atoms with Crippen LogP contribution < -0.4 is 0 Å². The molecular weight excluding hydrogens is 323 g/mol. The highest BCUT2D eigenvalue weighted by Crippen LogP contribution is 2.49. The highest BCUT2D eigenvalue weighted by Gasteiger charge is 2.53. The lowest BCUT2D eigenvalue weighted by atomic mass is 9.94. The van der Waals surface area contributed by atoms with Crippen LogP contribution in [0.3, 0.4) is 0 Å². The number of carboxylic acids is 1. The number of benzene rings is 1. The highest BCUT2D eigenvalue weighted by molar-refractivity contribution is 5.91. The quantitative estimate of drug-likeness (QED) is 0.887. The number of halogens is 1. The second-order valence-electron chi connectivity index (χ2n) is 7.27. The van der Waals surface area contributed by atoms with Crippen molar-refractivity contribution in [2.75, 3.05) is 26.7 Å². The van der Waals surface area contributed by atoms with E-state index in [-0.39, 0.29) is 24.3 Å². The van der Waals surface area contributed by atoms with E-state index in [0.717, 1.165) is 37.7 Å². The number of rotatable bonds is 5. The number of carboxylic acid groups (broad SMARTS) is 1. The van der Waals surface area contributed by atoms with E-state index in [1.54, 1.807) is 12.1 Å². The highest BCUT2D eigenvalue weighted by atomic mass is 19.1.